The molecule has 3 aliphatic rings. The van der Waals surface area contributed by atoms with Gasteiger partial charge in [0.05, 0.1) is 0 Å². The Balaban J connectivity index is 1.50. The molecule has 106 valence electrons. The summed E-state index contributed by atoms with van der Waals surface area (Å²) in [7, 11) is 0. The Morgan fingerprint density at radius 1 is 1.05 bits per heavy atom. The highest BCUT2D eigenvalue weighted by molar-refractivity contribution is 5.83. The van der Waals surface area contributed by atoms with E-state index in [0.717, 1.165) is 38.4 Å². The molecule has 0 N–H and O–H groups in total. The summed E-state index contributed by atoms with van der Waals surface area (Å²) in [6, 6.07) is 10.6. The Hall–Kier alpha value is -1.71. The van der Waals surface area contributed by atoms with Crippen molar-refractivity contribution in [1.29, 1.82) is 0 Å². The molecule has 0 radical (unpaired) electrons. The quantitative estimate of drug-likeness (QED) is 0.828. The molecule has 4 nitrogen and oxygen atoms in total. The molecular weight excluding hydrogens is 250 g/mol. The Morgan fingerprint density at radius 2 is 1.85 bits per heavy atom. The van der Waals surface area contributed by atoms with Gasteiger partial charge in [0, 0.05) is 32.5 Å². The first-order valence-corrected chi connectivity index (χ1v) is 7.70. The summed E-state index contributed by atoms with van der Waals surface area (Å²) >= 11 is 0. The minimum atomic E-state index is -0.112. The monoisotopic (exact) mass is 271 g/mol. The molecule has 1 aromatic carbocycles. The van der Waals surface area contributed by atoms with E-state index in [0.29, 0.717) is 0 Å². The van der Waals surface area contributed by atoms with Gasteiger partial charge >= 0.3 is 0 Å². The van der Waals surface area contributed by atoms with Crippen LogP contribution in [-0.4, -0.2) is 34.6 Å². The van der Waals surface area contributed by atoms with Crippen LogP contribution in [0.15, 0.2) is 35.5 Å². The first-order chi connectivity index (χ1) is 9.87. The Bertz CT molecular complexity index is 508. The minimum absolute atomic E-state index is 0.112. The smallest absolute Gasteiger partial charge is 0.242 e. The molecule has 20 heavy (non-hydrogen) atoms. The molecule has 1 saturated carbocycles. The lowest BCUT2D eigenvalue weighted by molar-refractivity contribution is -0.119. The highest BCUT2D eigenvalue weighted by Crippen LogP contribution is 2.40. The normalized spacial score (nSPS) is 23.7. The summed E-state index contributed by atoms with van der Waals surface area (Å²) in [5.74, 6) is 1.05. The topological polar surface area (TPSA) is 28.1 Å². The van der Waals surface area contributed by atoms with E-state index >= 15 is 0 Å². The molecule has 0 amide bonds. The number of fused-ring (bicyclic) bond motifs is 2. The first kappa shape index (κ1) is 12.1. The average molecular weight is 271 g/mol. The number of oxime groups is 1. The fourth-order valence-electron chi connectivity index (χ4n) is 3.68. The molecule has 4 heteroatoms. The molecule has 0 unspecified atom stereocenters. The van der Waals surface area contributed by atoms with Crippen LogP contribution in [0.25, 0.3) is 0 Å². The van der Waals surface area contributed by atoms with E-state index in [4.69, 9.17) is 4.84 Å². The highest BCUT2D eigenvalue weighted by atomic mass is 16.7. The fourth-order valence-corrected chi connectivity index (χ4v) is 3.68. The van der Waals surface area contributed by atoms with Gasteiger partial charge in [-0.15, -0.1) is 0 Å². The van der Waals surface area contributed by atoms with Crippen LogP contribution in [0.1, 0.15) is 37.7 Å². The summed E-state index contributed by atoms with van der Waals surface area (Å²) in [4.78, 5) is 10.6. The van der Waals surface area contributed by atoms with E-state index in [1.807, 2.05) is 0 Å². The standard InChI is InChI=1S/C16H21N3O/c1-3-7-14(8-4-1)13-18-11-12-19-15(18)17-20-16(19)9-5-2-6-10-16/h1,3-4,7-8H,2,5-6,9-13H2. The third kappa shape index (κ3) is 1.86. The van der Waals surface area contributed by atoms with Crippen molar-refractivity contribution >= 4 is 5.96 Å². The van der Waals surface area contributed by atoms with E-state index < -0.39 is 0 Å². The van der Waals surface area contributed by atoms with E-state index in [1.54, 1.807) is 0 Å². The van der Waals surface area contributed by atoms with E-state index in [-0.39, 0.29) is 5.72 Å². The molecule has 2 aliphatic heterocycles. The second-order valence-corrected chi connectivity index (χ2v) is 6.05. The molecular formula is C16H21N3O. The third-order valence-corrected chi connectivity index (χ3v) is 4.76. The number of benzene rings is 1. The Morgan fingerprint density at radius 3 is 2.65 bits per heavy atom. The molecule has 0 aromatic heterocycles. The molecule has 2 fully saturated rings. The summed E-state index contributed by atoms with van der Waals surface area (Å²) < 4.78 is 0. The number of guanidine groups is 1. The number of hydrogen-bond donors (Lipinski definition) is 0. The molecule has 1 spiro atoms. The Kier molecular flexibility index (Phi) is 2.83. The van der Waals surface area contributed by atoms with Crippen molar-refractivity contribution in [2.24, 2.45) is 5.16 Å². The van der Waals surface area contributed by atoms with Gasteiger partial charge < -0.3 is 9.74 Å². The van der Waals surface area contributed by atoms with E-state index in [1.165, 1.54) is 24.8 Å². The van der Waals surface area contributed by atoms with Gasteiger partial charge in [-0.1, -0.05) is 36.8 Å². The van der Waals surface area contributed by atoms with Crippen LogP contribution in [0.4, 0.5) is 0 Å². The summed E-state index contributed by atoms with van der Waals surface area (Å²) in [5.41, 5.74) is 1.22. The summed E-state index contributed by atoms with van der Waals surface area (Å²) in [6.45, 7) is 3.03. The van der Waals surface area contributed by atoms with Crippen LogP contribution in [0.2, 0.25) is 0 Å². The van der Waals surface area contributed by atoms with Crippen LogP contribution < -0.4 is 0 Å². The minimum Gasteiger partial charge on any atom is -0.364 e. The molecule has 2 heterocycles. The van der Waals surface area contributed by atoms with Crippen molar-refractivity contribution in [3.05, 3.63) is 35.9 Å². The summed E-state index contributed by atoms with van der Waals surface area (Å²) in [6.07, 6.45) is 6.11. The van der Waals surface area contributed by atoms with Gasteiger partial charge in [0.25, 0.3) is 0 Å². The lowest BCUT2D eigenvalue weighted by Gasteiger charge is -2.37. The van der Waals surface area contributed by atoms with Crippen molar-refractivity contribution in [3.63, 3.8) is 0 Å². The van der Waals surface area contributed by atoms with Crippen molar-refractivity contribution in [1.82, 2.24) is 9.80 Å². The molecule has 0 atom stereocenters. The zero-order chi connectivity index (χ0) is 13.4. The van der Waals surface area contributed by atoms with Crippen molar-refractivity contribution < 1.29 is 4.84 Å². The van der Waals surface area contributed by atoms with E-state index in [9.17, 15) is 0 Å². The predicted molar refractivity (Wildman–Crippen MR) is 77.9 cm³/mol. The summed E-state index contributed by atoms with van der Waals surface area (Å²) in [5, 5.41) is 4.42. The maximum atomic E-state index is 5.89. The van der Waals surface area contributed by atoms with Gasteiger partial charge in [0.15, 0.2) is 0 Å². The SMILES string of the molecule is c1ccc(CN2CCN3C2=NOC32CCCCC2)cc1. The van der Waals surface area contributed by atoms with Crippen molar-refractivity contribution in [2.45, 2.75) is 44.4 Å². The zero-order valence-corrected chi connectivity index (χ0v) is 11.8. The predicted octanol–water partition coefficient (Wildman–Crippen LogP) is 2.77. The van der Waals surface area contributed by atoms with Gasteiger partial charge in [0.2, 0.25) is 11.7 Å². The van der Waals surface area contributed by atoms with Gasteiger partial charge in [-0.25, -0.2) is 0 Å². The van der Waals surface area contributed by atoms with Crippen LogP contribution in [0.3, 0.4) is 0 Å². The van der Waals surface area contributed by atoms with Gasteiger partial charge in [-0.3, -0.25) is 4.90 Å². The molecule has 0 bridgehead atoms. The second kappa shape index (κ2) is 4.69. The molecule has 1 aromatic rings. The lowest BCUT2D eigenvalue weighted by Crippen LogP contribution is -2.48. The van der Waals surface area contributed by atoms with Crippen LogP contribution in [-0.2, 0) is 11.4 Å². The largest absolute Gasteiger partial charge is 0.364 e. The van der Waals surface area contributed by atoms with Gasteiger partial charge in [-0.05, 0) is 23.6 Å². The van der Waals surface area contributed by atoms with Crippen molar-refractivity contribution in [2.75, 3.05) is 13.1 Å². The molecule has 4 rings (SSSR count). The lowest BCUT2D eigenvalue weighted by atomic mass is 9.91. The van der Waals surface area contributed by atoms with Gasteiger partial charge in [0.1, 0.15) is 0 Å². The number of hydrogen-bond acceptors (Lipinski definition) is 4. The third-order valence-electron chi connectivity index (χ3n) is 4.76. The number of rotatable bonds is 2. The van der Waals surface area contributed by atoms with Gasteiger partial charge in [-0.2, -0.15) is 0 Å². The maximum Gasteiger partial charge on any atom is 0.242 e. The molecule has 1 aliphatic carbocycles. The maximum absolute atomic E-state index is 5.89. The van der Waals surface area contributed by atoms with Crippen LogP contribution in [0.5, 0.6) is 0 Å². The fraction of sp³-hybridized carbons (Fsp3) is 0.562. The highest BCUT2D eigenvalue weighted by Gasteiger charge is 2.50. The van der Waals surface area contributed by atoms with Crippen LogP contribution in [0, 0.1) is 0 Å². The van der Waals surface area contributed by atoms with Crippen LogP contribution >= 0.6 is 0 Å². The average Bonchev–Trinajstić information content (AvgIpc) is 3.05. The number of nitrogens with zero attached hydrogens (tertiary/aromatic N) is 3. The van der Waals surface area contributed by atoms with Crippen molar-refractivity contribution in [3.8, 4) is 0 Å². The Labute approximate surface area is 120 Å². The molecule has 1 saturated heterocycles. The zero-order valence-electron chi connectivity index (χ0n) is 11.8. The first-order valence-electron chi connectivity index (χ1n) is 7.70. The second-order valence-electron chi connectivity index (χ2n) is 6.05. The van der Waals surface area contributed by atoms with E-state index in [2.05, 4.69) is 45.3 Å².